The van der Waals surface area contributed by atoms with Crippen LogP contribution in [0.2, 0.25) is 0 Å². The van der Waals surface area contributed by atoms with Crippen molar-refractivity contribution in [3.63, 3.8) is 0 Å². The summed E-state index contributed by atoms with van der Waals surface area (Å²) >= 11 is 0. The van der Waals surface area contributed by atoms with Crippen LogP contribution in [0.3, 0.4) is 0 Å². The van der Waals surface area contributed by atoms with Crippen LogP contribution in [0.4, 0.5) is 0 Å². The number of imidazole rings is 1. The molecule has 3 rings (SSSR count). The summed E-state index contributed by atoms with van der Waals surface area (Å²) in [5.41, 5.74) is 2.35. The van der Waals surface area contributed by atoms with E-state index in [4.69, 9.17) is 10.1 Å². The first-order valence-electron chi connectivity index (χ1n) is 6.93. The molecular weight excluding hydrogens is 224 g/mol. The van der Waals surface area contributed by atoms with Crippen molar-refractivity contribution in [1.82, 2.24) is 9.55 Å². The number of aliphatic hydroxyl groups is 1. The maximum atomic E-state index is 8.91. The van der Waals surface area contributed by atoms with Gasteiger partial charge in [-0.2, -0.15) is 0 Å². The molecule has 3 heteroatoms. The molecule has 0 bridgehead atoms. The minimum atomic E-state index is 0.282. The fraction of sp³-hybridized carbons (Fsp3) is 0.533. The Morgan fingerprint density at radius 1 is 1.22 bits per heavy atom. The average molecular weight is 244 g/mol. The summed E-state index contributed by atoms with van der Waals surface area (Å²) in [6, 6.07) is 8.37. The van der Waals surface area contributed by atoms with Crippen LogP contribution in [-0.4, -0.2) is 21.3 Å². The van der Waals surface area contributed by atoms with Crippen LogP contribution in [0.15, 0.2) is 24.3 Å². The zero-order chi connectivity index (χ0) is 12.4. The van der Waals surface area contributed by atoms with Gasteiger partial charge in [-0.15, -0.1) is 0 Å². The highest BCUT2D eigenvalue weighted by atomic mass is 16.2. The molecule has 0 amide bonds. The van der Waals surface area contributed by atoms with Crippen molar-refractivity contribution < 1.29 is 5.11 Å². The van der Waals surface area contributed by atoms with Crippen LogP contribution < -0.4 is 0 Å². The summed E-state index contributed by atoms with van der Waals surface area (Å²) in [5.74, 6) is 2.09. The van der Waals surface area contributed by atoms with E-state index >= 15 is 0 Å². The zero-order valence-corrected chi connectivity index (χ0v) is 10.7. The number of hydrogen-bond acceptors (Lipinski definition) is 2. The average Bonchev–Trinajstić information content (AvgIpc) is 3.13. The Labute approximate surface area is 107 Å². The van der Waals surface area contributed by atoms with Crippen molar-refractivity contribution >= 4 is 11.0 Å². The second-order valence-electron chi connectivity index (χ2n) is 5.25. The minimum absolute atomic E-state index is 0.282. The van der Waals surface area contributed by atoms with Gasteiger partial charge in [-0.05, 0) is 43.7 Å². The molecule has 0 saturated heterocycles. The maximum Gasteiger partial charge on any atom is 0.110 e. The first kappa shape index (κ1) is 11.7. The van der Waals surface area contributed by atoms with Gasteiger partial charge in [0.2, 0.25) is 0 Å². The Kier molecular flexibility index (Phi) is 3.33. The van der Waals surface area contributed by atoms with Gasteiger partial charge in [0.25, 0.3) is 0 Å². The Morgan fingerprint density at radius 3 is 2.83 bits per heavy atom. The number of para-hydroxylation sites is 2. The van der Waals surface area contributed by atoms with E-state index in [9.17, 15) is 0 Å². The standard InChI is InChI=1S/C15H20N2O/c18-10-4-3-9-17-14-6-2-1-5-13(14)16-15(17)11-12-7-8-12/h1-2,5-6,12,18H,3-4,7-11H2. The first-order chi connectivity index (χ1) is 8.88. The van der Waals surface area contributed by atoms with Crippen LogP contribution >= 0.6 is 0 Å². The highest BCUT2D eigenvalue weighted by Gasteiger charge is 2.24. The van der Waals surface area contributed by atoms with Crippen LogP contribution in [0, 0.1) is 5.92 Å². The molecule has 1 fully saturated rings. The summed E-state index contributed by atoms with van der Waals surface area (Å²) < 4.78 is 2.35. The van der Waals surface area contributed by atoms with Gasteiger partial charge in [0.05, 0.1) is 11.0 Å². The highest BCUT2D eigenvalue weighted by Crippen LogP contribution is 2.33. The second-order valence-corrected chi connectivity index (χ2v) is 5.25. The van der Waals surface area contributed by atoms with E-state index in [0.29, 0.717) is 0 Å². The monoisotopic (exact) mass is 244 g/mol. The molecule has 18 heavy (non-hydrogen) atoms. The Balaban J connectivity index is 1.89. The van der Waals surface area contributed by atoms with E-state index in [1.54, 1.807) is 0 Å². The number of aromatic nitrogens is 2. The molecule has 2 aromatic rings. The van der Waals surface area contributed by atoms with Crippen LogP contribution in [-0.2, 0) is 13.0 Å². The van der Waals surface area contributed by atoms with Crippen molar-refractivity contribution in [3.8, 4) is 0 Å². The molecule has 0 unspecified atom stereocenters. The lowest BCUT2D eigenvalue weighted by Gasteiger charge is -2.08. The molecule has 0 spiro atoms. The van der Waals surface area contributed by atoms with Crippen molar-refractivity contribution in [2.45, 2.75) is 38.6 Å². The number of nitrogens with zero attached hydrogens (tertiary/aromatic N) is 2. The van der Waals surface area contributed by atoms with Gasteiger partial charge in [0.15, 0.2) is 0 Å². The predicted octanol–water partition coefficient (Wildman–Crippen LogP) is 2.76. The number of benzene rings is 1. The van der Waals surface area contributed by atoms with Gasteiger partial charge in [-0.3, -0.25) is 0 Å². The number of rotatable bonds is 6. The van der Waals surface area contributed by atoms with Crippen molar-refractivity contribution in [2.24, 2.45) is 5.92 Å². The number of fused-ring (bicyclic) bond motifs is 1. The van der Waals surface area contributed by atoms with Crippen molar-refractivity contribution in [3.05, 3.63) is 30.1 Å². The van der Waals surface area contributed by atoms with Gasteiger partial charge in [0.1, 0.15) is 5.82 Å². The molecule has 1 aromatic carbocycles. The van der Waals surface area contributed by atoms with E-state index < -0.39 is 0 Å². The Hall–Kier alpha value is -1.35. The number of aliphatic hydroxyl groups excluding tert-OH is 1. The zero-order valence-electron chi connectivity index (χ0n) is 10.7. The molecule has 1 aliphatic rings. The fourth-order valence-corrected chi connectivity index (χ4v) is 2.49. The van der Waals surface area contributed by atoms with Gasteiger partial charge < -0.3 is 9.67 Å². The molecule has 0 aliphatic heterocycles. The van der Waals surface area contributed by atoms with Gasteiger partial charge in [-0.1, -0.05) is 12.1 Å². The third-order valence-corrected chi connectivity index (χ3v) is 3.69. The third-order valence-electron chi connectivity index (χ3n) is 3.69. The predicted molar refractivity (Wildman–Crippen MR) is 72.5 cm³/mol. The Bertz CT molecular complexity index is 528. The summed E-state index contributed by atoms with van der Waals surface area (Å²) in [5, 5.41) is 8.91. The lowest BCUT2D eigenvalue weighted by atomic mass is 10.2. The molecule has 0 atom stereocenters. The van der Waals surface area contributed by atoms with Gasteiger partial charge >= 0.3 is 0 Å². The summed E-state index contributed by atoms with van der Waals surface area (Å²) in [7, 11) is 0. The quantitative estimate of drug-likeness (QED) is 0.793. The smallest absolute Gasteiger partial charge is 0.110 e. The lowest BCUT2D eigenvalue weighted by Crippen LogP contribution is -2.05. The summed E-state index contributed by atoms with van der Waals surface area (Å²) in [6.07, 6.45) is 5.73. The van der Waals surface area contributed by atoms with Crippen LogP contribution in [0.25, 0.3) is 11.0 Å². The molecule has 96 valence electrons. The molecule has 1 heterocycles. The number of unbranched alkanes of at least 4 members (excludes halogenated alkanes) is 1. The largest absolute Gasteiger partial charge is 0.396 e. The van der Waals surface area contributed by atoms with Crippen molar-refractivity contribution in [1.29, 1.82) is 0 Å². The number of aryl methyl sites for hydroxylation is 1. The maximum absolute atomic E-state index is 8.91. The first-order valence-corrected chi connectivity index (χ1v) is 6.93. The van der Waals surface area contributed by atoms with E-state index in [-0.39, 0.29) is 6.61 Å². The fourth-order valence-electron chi connectivity index (χ4n) is 2.49. The molecule has 1 N–H and O–H groups in total. The summed E-state index contributed by atoms with van der Waals surface area (Å²) in [6.45, 7) is 1.26. The van der Waals surface area contributed by atoms with Gasteiger partial charge in [-0.25, -0.2) is 4.98 Å². The van der Waals surface area contributed by atoms with Crippen LogP contribution in [0.1, 0.15) is 31.5 Å². The molecule has 1 saturated carbocycles. The van der Waals surface area contributed by atoms with E-state index in [1.807, 2.05) is 6.07 Å². The van der Waals surface area contributed by atoms with E-state index in [2.05, 4.69) is 22.8 Å². The molecule has 3 nitrogen and oxygen atoms in total. The number of hydrogen-bond donors (Lipinski definition) is 1. The van der Waals surface area contributed by atoms with E-state index in [1.165, 1.54) is 24.2 Å². The molecular formula is C15H20N2O. The molecule has 1 aromatic heterocycles. The van der Waals surface area contributed by atoms with Crippen LogP contribution in [0.5, 0.6) is 0 Å². The lowest BCUT2D eigenvalue weighted by molar-refractivity contribution is 0.281. The molecule has 1 aliphatic carbocycles. The highest BCUT2D eigenvalue weighted by molar-refractivity contribution is 5.75. The van der Waals surface area contributed by atoms with E-state index in [0.717, 1.165) is 37.2 Å². The Morgan fingerprint density at radius 2 is 2.06 bits per heavy atom. The topological polar surface area (TPSA) is 38.0 Å². The minimum Gasteiger partial charge on any atom is -0.396 e. The second kappa shape index (κ2) is 5.11. The third kappa shape index (κ3) is 2.41. The van der Waals surface area contributed by atoms with Gasteiger partial charge in [0, 0.05) is 19.6 Å². The SMILES string of the molecule is OCCCCn1c(CC2CC2)nc2ccccc21. The summed E-state index contributed by atoms with van der Waals surface area (Å²) in [4.78, 5) is 4.77. The molecule has 0 radical (unpaired) electrons. The van der Waals surface area contributed by atoms with Crippen molar-refractivity contribution in [2.75, 3.05) is 6.61 Å². The normalized spacial score (nSPS) is 15.4.